The summed E-state index contributed by atoms with van der Waals surface area (Å²) in [6.45, 7) is 6.85. The Bertz CT molecular complexity index is 479. The third kappa shape index (κ3) is 3.29. The monoisotopic (exact) mass is 340 g/mol. The molecule has 1 fully saturated rings. The second-order valence-corrected chi connectivity index (χ2v) is 7.03. The van der Waals surface area contributed by atoms with Gasteiger partial charge in [0.2, 0.25) is 0 Å². The predicted molar refractivity (Wildman–Crippen MR) is 89.9 cm³/mol. The SMILES string of the molecule is CCC1(C)CCN(c2ccc(Br)cc2C(N)=S)CC1. The van der Waals surface area contributed by atoms with E-state index < -0.39 is 0 Å². The van der Waals surface area contributed by atoms with Gasteiger partial charge in [-0.2, -0.15) is 0 Å². The molecule has 0 unspecified atom stereocenters. The van der Waals surface area contributed by atoms with Crippen molar-refractivity contribution < 1.29 is 0 Å². The van der Waals surface area contributed by atoms with E-state index in [-0.39, 0.29) is 0 Å². The minimum atomic E-state index is 0.472. The van der Waals surface area contributed by atoms with Crippen LogP contribution >= 0.6 is 28.1 Å². The van der Waals surface area contributed by atoms with Crippen molar-refractivity contribution in [3.8, 4) is 0 Å². The van der Waals surface area contributed by atoms with E-state index in [0.717, 1.165) is 23.1 Å². The van der Waals surface area contributed by atoms with E-state index in [4.69, 9.17) is 18.0 Å². The van der Waals surface area contributed by atoms with Gasteiger partial charge in [-0.15, -0.1) is 0 Å². The molecule has 0 radical (unpaired) electrons. The molecule has 104 valence electrons. The largest absolute Gasteiger partial charge is 0.389 e. The van der Waals surface area contributed by atoms with Crippen molar-refractivity contribution in [2.75, 3.05) is 18.0 Å². The predicted octanol–water partition coefficient (Wildman–Crippen LogP) is 4.10. The average Bonchev–Trinajstić information content (AvgIpc) is 2.40. The summed E-state index contributed by atoms with van der Waals surface area (Å²) in [6.07, 6.45) is 3.72. The van der Waals surface area contributed by atoms with E-state index in [1.54, 1.807) is 0 Å². The molecule has 1 aromatic rings. The van der Waals surface area contributed by atoms with Crippen LogP contribution in [0.4, 0.5) is 5.69 Å². The molecule has 0 atom stereocenters. The van der Waals surface area contributed by atoms with Crippen molar-refractivity contribution in [3.05, 3.63) is 28.2 Å². The molecule has 1 heterocycles. The lowest BCUT2D eigenvalue weighted by molar-refractivity contribution is 0.238. The second kappa shape index (κ2) is 5.80. The summed E-state index contributed by atoms with van der Waals surface area (Å²) in [4.78, 5) is 2.89. The number of anilines is 1. The van der Waals surface area contributed by atoms with Crippen LogP contribution in [0, 0.1) is 5.41 Å². The van der Waals surface area contributed by atoms with Crippen molar-refractivity contribution >= 4 is 38.8 Å². The fourth-order valence-corrected chi connectivity index (χ4v) is 3.15. The van der Waals surface area contributed by atoms with E-state index in [2.05, 4.69) is 46.8 Å². The Labute approximate surface area is 129 Å². The topological polar surface area (TPSA) is 29.3 Å². The molecule has 1 saturated heterocycles. The van der Waals surface area contributed by atoms with Gasteiger partial charge in [-0.1, -0.05) is 48.4 Å². The van der Waals surface area contributed by atoms with Crippen molar-refractivity contribution in [2.45, 2.75) is 33.1 Å². The zero-order chi connectivity index (χ0) is 14.0. The number of nitrogens with zero attached hydrogens (tertiary/aromatic N) is 1. The van der Waals surface area contributed by atoms with E-state index in [1.165, 1.54) is 24.9 Å². The summed E-state index contributed by atoms with van der Waals surface area (Å²) in [7, 11) is 0. The molecule has 2 nitrogen and oxygen atoms in total. The first kappa shape index (κ1) is 14.8. The fourth-order valence-electron chi connectivity index (χ4n) is 2.62. The van der Waals surface area contributed by atoms with Crippen molar-refractivity contribution in [3.63, 3.8) is 0 Å². The Morgan fingerprint density at radius 3 is 2.58 bits per heavy atom. The molecule has 0 aliphatic carbocycles. The van der Waals surface area contributed by atoms with Gasteiger partial charge in [0.25, 0.3) is 0 Å². The highest BCUT2D eigenvalue weighted by Crippen LogP contribution is 2.36. The van der Waals surface area contributed by atoms with Crippen molar-refractivity contribution in [1.29, 1.82) is 0 Å². The molecule has 0 aromatic heterocycles. The van der Waals surface area contributed by atoms with Crippen LogP contribution in [0.1, 0.15) is 38.7 Å². The molecular formula is C15H21BrN2S. The Balaban J connectivity index is 2.22. The van der Waals surface area contributed by atoms with Crippen LogP contribution in [0.3, 0.4) is 0 Å². The van der Waals surface area contributed by atoms with E-state index in [9.17, 15) is 0 Å². The summed E-state index contributed by atoms with van der Waals surface area (Å²) >= 11 is 8.66. The standard InChI is InChI=1S/C15H21BrN2S/c1-3-15(2)6-8-18(9-7-15)13-5-4-11(16)10-12(13)14(17)19/h4-5,10H,3,6-9H2,1-2H3,(H2,17,19). The Morgan fingerprint density at radius 1 is 1.42 bits per heavy atom. The number of hydrogen-bond acceptors (Lipinski definition) is 2. The van der Waals surface area contributed by atoms with Gasteiger partial charge < -0.3 is 10.6 Å². The molecule has 1 aliphatic heterocycles. The number of benzene rings is 1. The number of halogens is 1. The first-order valence-corrected chi connectivity index (χ1v) is 7.99. The summed E-state index contributed by atoms with van der Waals surface area (Å²) < 4.78 is 1.02. The first-order valence-electron chi connectivity index (χ1n) is 6.79. The highest BCUT2D eigenvalue weighted by Gasteiger charge is 2.29. The van der Waals surface area contributed by atoms with Crippen LogP contribution < -0.4 is 10.6 Å². The number of rotatable bonds is 3. The van der Waals surface area contributed by atoms with Crippen LogP contribution in [0.15, 0.2) is 22.7 Å². The Hall–Kier alpha value is -0.610. The van der Waals surface area contributed by atoms with Crippen LogP contribution in [0.2, 0.25) is 0 Å². The molecule has 0 saturated carbocycles. The zero-order valence-corrected chi connectivity index (χ0v) is 14.0. The van der Waals surface area contributed by atoms with Gasteiger partial charge in [0.1, 0.15) is 4.99 Å². The maximum absolute atomic E-state index is 5.85. The van der Waals surface area contributed by atoms with Crippen LogP contribution in [0.5, 0.6) is 0 Å². The van der Waals surface area contributed by atoms with Gasteiger partial charge >= 0.3 is 0 Å². The molecular weight excluding hydrogens is 320 g/mol. The third-order valence-corrected chi connectivity index (χ3v) is 5.10. The number of piperidine rings is 1. The van der Waals surface area contributed by atoms with Gasteiger partial charge in [-0.25, -0.2) is 0 Å². The lowest BCUT2D eigenvalue weighted by Gasteiger charge is -2.40. The first-order chi connectivity index (χ1) is 8.95. The summed E-state index contributed by atoms with van der Waals surface area (Å²) in [5.41, 5.74) is 8.50. The smallest absolute Gasteiger partial charge is 0.106 e. The molecule has 0 spiro atoms. The minimum absolute atomic E-state index is 0.472. The highest BCUT2D eigenvalue weighted by atomic mass is 79.9. The van der Waals surface area contributed by atoms with Crippen LogP contribution in [0.25, 0.3) is 0 Å². The summed E-state index contributed by atoms with van der Waals surface area (Å²) in [5, 5.41) is 0. The van der Waals surface area contributed by atoms with Gasteiger partial charge in [0, 0.05) is 28.8 Å². The molecule has 1 aromatic carbocycles. The van der Waals surface area contributed by atoms with E-state index >= 15 is 0 Å². The van der Waals surface area contributed by atoms with E-state index in [1.807, 2.05) is 6.07 Å². The quantitative estimate of drug-likeness (QED) is 0.840. The van der Waals surface area contributed by atoms with Crippen LogP contribution in [-0.4, -0.2) is 18.1 Å². The van der Waals surface area contributed by atoms with Crippen molar-refractivity contribution in [2.24, 2.45) is 11.1 Å². The lowest BCUT2D eigenvalue weighted by Crippen LogP contribution is -2.39. The summed E-state index contributed by atoms with van der Waals surface area (Å²) in [6, 6.07) is 6.20. The number of thiocarbonyl (C=S) groups is 1. The van der Waals surface area contributed by atoms with Gasteiger partial charge in [-0.05, 0) is 36.5 Å². The third-order valence-electron chi connectivity index (χ3n) is 4.39. The molecule has 1 aliphatic rings. The lowest BCUT2D eigenvalue weighted by atomic mass is 9.78. The molecule has 0 bridgehead atoms. The van der Waals surface area contributed by atoms with E-state index in [0.29, 0.717) is 10.4 Å². The highest BCUT2D eigenvalue weighted by molar-refractivity contribution is 9.10. The zero-order valence-electron chi connectivity index (χ0n) is 11.6. The maximum Gasteiger partial charge on any atom is 0.106 e. The molecule has 2 rings (SSSR count). The number of hydrogen-bond donors (Lipinski definition) is 1. The Kier molecular flexibility index (Phi) is 4.51. The van der Waals surface area contributed by atoms with Gasteiger partial charge in [0.15, 0.2) is 0 Å². The maximum atomic E-state index is 5.85. The average molecular weight is 341 g/mol. The summed E-state index contributed by atoms with van der Waals surface area (Å²) in [5.74, 6) is 0. The second-order valence-electron chi connectivity index (χ2n) is 5.68. The van der Waals surface area contributed by atoms with Crippen molar-refractivity contribution in [1.82, 2.24) is 0 Å². The van der Waals surface area contributed by atoms with Crippen LogP contribution in [-0.2, 0) is 0 Å². The van der Waals surface area contributed by atoms with Gasteiger partial charge in [-0.3, -0.25) is 0 Å². The number of nitrogens with two attached hydrogens (primary N) is 1. The normalized spacial score (nSPS) is 18.4. The fraction of sp³-hybridized carbons (Fsp3) is 0.533. The van der Waals surface area contributed by atoms with Gasteiger partial charge in [0.05, 0.1) is 0 Å². The molecule has 19 heavy (non-hydrogen) atoms. The minimum Gasteiger partial charge on any atom is -0.389 e. The Morgan fingerprint density at radius 2 is 2.05 bits per heavy atom. The molecule has 0 amide bonds. The molecule has 4 heteroatoms. The molecule has 2 N–H and O–H groups in total.